The van der Waals surface area contributed by atoms with E-state index in [0.717, 1.165) is 41.2 Å². The lowest BCUT2D eigenvalue weighted by Gasteiger charge is -2.47. The summed E-state index contributed by atoms with van der Waals surface area (Å²) in [5.41, 5.74) is 2.54. The molecule has 260 valence electrons. The summed E-state index contributed by atoms with van der Waals surface area (Å²) in [5.74, 6) is 0.857. The summed E-state index contributed by atoms with van der Waals surface area (Å²) < 4.78 is 52.7. The van der Waals surface area contributed by atoms with Crippen LogP contribution in [0, 0.1) is 13.8 Å². The van der Waals surface area contributed by atoms with Crippen molar-refractivity contribution in [1.82, 2.24) is 15.5 Å². The smallest absolute Gasteiger partial charge is 0.417 e. The minimum atomic E-state index is -4.62. The predicted molar refractivity (Wildman–Crippen MR) is 183 cm³/mol. The number of halogens is 5. The highest BCUT2D eigenvalue weighted by molar-refractivity contribution is 6.32. The van der Waals surface area contributed by atoms with Crippen molar-refractivity contribution in [3.05, 3.63) is 98.0 Å². The van der Waals surface area contributed by atoms with Gasteiger partial charge in [0.2, 0.25) is 0 Å². The van der Waals surface area contributed by atoms with Crippen molar-refractivity contribution < 1.29 is 32.2 Å². The molecule has 1 saturated heterocycles. The van der Waals surface area contributed by atoms with Gasteiger partial charge in [-0.1, -0.05) is 47.5 Å². The zero-order chi connectivity index (χ0) is 35.1. The first kappa shape index (κ1) is 35.3. The van der Waals surface area contributed by atoms with E-state index in [4.69, 9.17) is 32.7 Å². The zero-order valence-corrected chi connectivity index (χ0v) is 29.0. The quantitative estimate of drug-likeness (QED) is 0.203. The molecule has 1 saturated carbocycles. The second-order valence-electron chi connectivity index (χ2n) is 13.1. The van der Waals surface area contributed by atoms with Crippen LogP contribution in [0.1, 0.15) is 54.0 Å². The maximum atomic E-state index is 14.6. The first-order chi connectivity index (χ1) is 23.3. The molecule has 3 aromatic carbocycles. The molecular formula is C37H38Cl2F3N3O4. The van der Waals surface area contributed by atoms with Crippen molar-refractivity contribution >= 4 is 40.5 Å². The highest BCUT2D eigenvalue weighted by Gasteiger charge is 2.49. The molecule has 1 amide bonds. The minimum absolute atomic E-state index is 0.0488. The Kier molecular flexibility index (Phi) is 10.1. The third kappa shape index (κ3) is 7.48. The fraction of sp³-hybridized carbons (Fsp3) is 0.405. The summed E-state index contributed by atoms with van der Waals surface area (Å²) in [4.78, 5) is 29.2. The predicted octanol–water partition coefficient (Wildman–Crippen LogP) is 7.32. The number of hydrogen-bond acceptors (Lipinski definition) is 6. The number of nitrogens with one attached hydrogen (secondary N) is 2. The Labute approximate surface area is 293 Å². The highest BCUT2D eigenvalue weighted by atomic mass is 35.5. The van der Waals surface area contributed by atoms with Crippen LogP contribution in [0.4, 0.5) is 13.2 Å². The van der Waals surface area contributed by atoms with Gasteiger partial charge in [0.1, 0.15) is 24.7 Å². The largest absolute Gasteiger partial charge is 0.490 e. The Morgan fingerprint density at radius 3 is 2.37 bits per heavy atom. The maximum Gasteiger partial charge on any atom is 0.417 e. The van der Waals surface area contributed by atoms with E-state index in [1.54, 1.807) is 4.90 Å². The van der Waals surface area contributed by atoms with Crippen molar-refractivity contribution in [1.29, 1.82) is 0 Å². The summed E-state index contributed by atoms with van der Waals surface area (Å²) in [7, 11) is 0. The number of hydrogen-bond donors (Lipinski definition) is 2. The number of benzene rings is 3. The van der Waals surface area contributed by atoms with Crippen LogP contribution >= 0.6 is 23.2 Å². The Morgan fingerprint density at radius 1 is 1.00 bits per heavy atom. The number of carbonyl (C=O) groups is 2. The number of Topliss-reactive ketones (excluding diaryl/α,β-unsaturated/α-hetero) is 1. The third-order valence-electron chi connectivity index (χ3n) is 9.62. The van der Waals surface area contributed by atoms with E-state index in [-0.39, 0.29) is 49.5 Å². The summed E-state index contributed by atoms with van der Waals surface area (Å²) in [6.07, 6.45) is -2.88. The SMILES string of the molecule is CC(=O)C12CNCC(N1)C(C(=O)N(Cc1cccc(C(F)(F)F)c1Cl)C1CC1)=C(c1ccc(OCCOc3cc(C)c(C)cc3Cl)cc1)C2. The van der Waals surface area contributed by atoms with Gasteiger partial charge in [0.15, 0.2) is 5.78 Å². The lowest BCUT2D eigenvalue weighted by molar-refractivity contribution is -0.137. The highest BCUT2D eigenvalue weighted by Crippen LogP contribution is 2.42. The van der Waals surface area contributed by atoms with Crippen LogP contribution in [0.2, 0.25) is 10.0 Å². The van der Waals surface area contributed by atoms with Crippen LogP contribution in [0.15, 0.2) is 60.2 Å². The van der Waals surface area contributed by atoms with Gasteiger partial charge in [0, 0.05) is 37.7 Å². The van der Waals surface area contributed by atoms with Gasteiger partial charge in [0.05, 0.1) is 27.2 Å². The normalized spacial score (nSPS) is 20.6. The number of aryl methyl sites for hydroxylation is 2. The lowest BCUT2D eigenvalue weighted by atomic mass is 9.74. The molecule has 2 bridgehead atoms. The number of piperazine rings is 1. The molecular weight excluding hydrogens is 678 g/mol. The lowest BCUT2D eigenvalue weighted by Crippen LogP contribution is -2.70. The molecule has 2 unspecified atom stereocenters. The molecule has 2 atom stereocenters. The molecule has 3 aliphatic rings. The topological polar surface area (TPSA) is 79.9 Å². The number of ketones is 1. The summed E-state index contributed by atoms with van der Waals surface area (Å²) >= 11 is 12.6. The van der Waals surface area contributed by atoms with Crippen molar-refractivity contribution in [3.63, 3.8) is 0 Å². The Morgan fingerprint density at radius 2 is 1.69 bits per heavy atom. The molecule has 0 spiro atoms. The molecule has 2 N–H and O–H groups in total. The van der Waals surface area contributed by atoms with E-state index in [1.165, 1.54) is 19.1 Å². The first-order valence-electron chi connectivity index (χ1n) is 16.3. The molecule has 49 heavy (non-hydrogen) atoms. The number of carbonyl (C=O) groups excluding carboxylic acids is 2. The van der Waals surface area contributed by atoms with Crippen molar-refractivity contribution in [2.24, 2.45) is 0 Å². The molecule has 7 nitrogen and oxygen atoms in total. The van der Waals surface area contributed by atoms with Gasteiger partial charge in [-0.05, 0) is 91.8 Å². The van der Waals surface area contributed by atoms with E-state index in [2.05, 4.69) is 10.6 Å². The van der Waals surface area contributed by atoms with E-state index >= 15 is 0 Å². The summed E-state index contributed by atoms with van der Waals surface area (Å²) in [6, 6.07) is 14.3. The number of fused-ring (bicyclic) bond motifs is 2. The summed E-state index contributed by atoms with van der Waals surface area (Å²) in [6.45, 7) is 6.82. The van der Waals surface area contributed by atoms with E-state index < -0.39 is 28.3 Å². The standard InChI is InChI=1S/C37H38Cl2F3N3O4/c1-21-15-30(38)32(16-22(21)2)49-14-13-48-27-11-7-24(8-12-27)28-17-36(23(3)46)20-43-18-31(44-36)33(28)35(47)45(26-9-10-26)19-25-5-4-6-29(34(25)39)37(40,41)42/h4-8,11-12,15-16,26,31,43-44H,9-10,13-14,17-20H2,1-3H3. The van der Waals surface area contributed by atoms with E-state index in [9.17, 15) is 22.8 Å². The van der Waals surface area contributed by atoms with Crippen molar-refractivity contribution in [2.75, 3.05) is 26.3 Å². The van der Waals surface area contributed by atoms with Crippen LogP contribution in [-0.4, -0.2) is 60.5 Å². The number of rotatable bonds is 11. The number of amides is 1. The fourth-order valence-electron chi connectivity index (χ4n) is 6.59. The van der Waals surface area contributed by atoms with Crippen LogP contribution in [0.5, 0.6) is 11.5 Å². The number of alkyl halides is 3. The van der Waals surface area contributed by atoms with E-state index in [0.29, 0.717) is 35.2 Å². The number of ether oxygens (including phenoxy) is 2. The average molecular weight is 717 g/mol. The molecule has 0 aromatic heterocycles. The van der Waals surface area contributed by atoms with Gasteiger partial charge >= 0.3 is 6.18 Å². The van der Waals surface area contributed by atoms with Crippen LogP contribution in [0.3, 0.4) is 0 Å². The second kappa shape index (κ2) is 14.0. The van der Waals surface area contributed by atoms with Gasteiger partial charge in [-0.3, -0.25) is 14.9 Å². The zero-order valence-electron chi connectivity index (χ0n) is 27.5. The Hall–Kier alpha value is -3.57. The molecule has 6 rings (SSSR count). The third-order valence-corrected chi connectivity index (χ3v) is 10.4. The second-order valence-corrected chi connectivity index (χ2v) is 13.8. The molecule has 2 aliphatic heterocycles. The average Bonchev–Trinajstić information content (AvgIpc) is 3.90. The summed E-state index contributed by atoms with van der Waals surface area (Å²) in [5, 5.41) is 6.89. The first-order valence-corrected chi connectivity index (χ1v) is 17.0. The molecule has 1 aliphatic carbocycles. The minimum Gasteiger partial charge on any atom is -0.490 e. The number of nitrogens with zero attached hydrogens (tertiary/aromatic N) is 1. The van der Waals surface area contributed by atoms with Gasteiger partial charge in [-0.25, -0.2) is 0 Å². The van der Waals surface area contributed by atoms with Gasteiger partial charge in [0.25, 0.3) is 5.91 Å². The molecule has 3 aromatic rings. The molecule has 0 radical (unpaired) electrons. The van der Waals surface area contributed by atoms with E-state index in [1.807, 2.05) is 50.2 Å². The van der Waals surface area contributed by atoms with Crippen LogP contribution in [0.25, 0.3) is 5.57 Å². The Balaban J connectivity index is 1.26. The Bertz CT molecular complexity index is 1790. The fourth-order valence-corrected chi connectivity index (χ4v) is 7.15. The van der Waals surface area contributed by atoms with Crippen molar-refractivity contribution in [2.45, 2.75) is 70.4 Å². The van der Waals surface area contributed by atoms with Crippen LogP contribution in [-0.2, 0) is 22.3 Å². The maximum absolute atomic E-state index is 14.6. The van der Waals surface area contributed by atoms with Crippen LogP contribution < -0.4 is 20.1 Å². The van der Waals surface area contributed by atoms with Gasteiger partial charge in [-0.15, -0.1) is 0 Å². The molecule has 12 heteroatoms. The van der Waals surface area contributed by atoms with Gasteiger partial charge < -0.3 is 19.7 Å². The monoisotopic (exact) mass is 715 g/mol. The van der Waals surface area contributed by atoms with Gasteiger partial charge in [-0.2, -0.15) is 13.2 Å². The molecule has 2 heterocycles. The molecule has 2 fully saturated rings. The van der Waals surface area contributed by atoms with Crippen molar-refractivity contribution in [3.8, 4) is 11.5 Å².